The Morgan fingerprint density at radius 2 is 1.50 bits per heavy atom. The van der Waals surface area contributed by atoms with Gasteiger partial charge in [0.15, 0.2) is 0 Å². The fourth-order valence-corrected chi connectivity index (χ4v) is 2.98. The second kappa shape index (κ2) is 8.55. The average Bonchev–Trinajstić information content (AvgIpc) is 2.63. The standard InChI is InChI=1S/C19H22N6S/c1-20-26-17-9-5-7-15(11-17)24-19-12-18(21-13-22-19)23-14-6-4-8-16(10-14)25(2)3/h4-13,20H,1-3H3,(H2,21,22,23,24). The predicted molar refractivity (Wildman–Crippen MR) is 111 cm³/mol. The van der Waals surface area contributed by atoms with Crippen molar-refractivity contribution >= 4 is 40.6 Å². The zero-order valence-corrected chi connectivity index (χ0v) is 15.8. The molecule has 0 aliphatic carbocycles. The van der Waals surface area contributed by atoms with Gasteiger partial charge >= 0.3 is 0 Å². The number of aromatic nitrogens is 2. The van der Waals surface area contributed by atoms with Gasteiger partial charge < -0.3 is 15.5 Å². The fourth-order valence-electron chi connectivity index (χ4n) is 2.41. The Morgan fingerprint density at radius 1 is 0.846 bits per heavy atom. The zero-order valence-electron chi connectivity index (χ0n) is 15.0. The van der Waals surface area contributed by atoms with E-state index < -0.39 is 0 Å². The normalized spacial score (nSPS) is 10.4. The first-order valence-electron chi connectivity index (χ1n) is 8.21. The van der Waals surface area contributed by atoms with Gasteiger partial charge in [-0.3, -0.25) is 4.72 Å². The molecule has 2 aromatic carbocycles. The number of hydrogen-bond acceptors (Lipinski definition) is 7. The quantitative estimate of drug-likeness (QED) is 0.540. The number of benzene rings is 2. The lowest BCUT2D eigenvalue weighted by molar-refractivity contribution is 1.13. The molecule has 0 aliphatic heterocycles. The van der Waals surface area contributed by atoms with Crippen LogP contribution >= 0.6 is 11.9 Å². The van der Waals surface area contributed by atoms with Crippen molar-refractivity contribution in [3.05, 3.63) is 60.9 Å². The monoisotopic (exact) mass is 366 g/mol. The van der Waals surface area contributed by atoms with Crippen LogP contribution in [0.5, 0.6) is 0 Å². The summed E-state index contributed by atoms with van der Waals surface area (Å²) < 4.78 is 3.07. The SMILES string of the molecule is CNSc1cccc(Nc2cc(Nc3cccc(N(C)C)c3)ncn2)c1. The van der Waals surface area contributed by atoms with E-state index in [2.05, 4.69) is 54.5 Å². The van der Waals surface area contributed by atoms with Gasteiger partial charge in [-0.1, -0.05) is 12.1 Å². The minimum atomic E-state index is 0.734. The summed E-state index contributed by atoms with van der Waals surface area (Å²) in [5.74, 6) is 1.47. The largest absolute Gasteiger partial charge is 0.378 e. The van der Waals surface area contributed by atoms with Gasteiger partial charge in [0.1, 0.15) is 18.0 Å². The molecule has 0 saturated carbocycles. The van der Waals surface area contributed by atoms with E-state index in [0.717, 1.165) is 33.6 Å². The van der Waals surface area contributed by atoms with Crippen molar-refractivity contribution in [2.24, 2.45) is 0 Å². The van der Waals surface area contributed by atoms with E-state index in [1.165, 1.54) is 0 Å². The molecule has 0 spiro atoms. The van der Waals surface area contributed by atoms with Gasteiger partial charge in [-0.2, -0.15) is 0 Å². The lowest BCUT2D eigenvalue weighted by Gasteiger charge is -2.14. The second-order valence-corrected chi connectivity index (χ2v) is 6.90. The van der Waals surface area contributed by atoms with Crippen LogP contribution in [0.15, 0.2) is 65.8 Å². The molecule has 0 bridgehead atoms. The van der Waals surface area contributed by atoms with Crippen LogP contribution in [0, 0.1) is 0 Å². The predicted octanol–water partition coefficient (Wildman–Crippen LogP) is 4.26. The summed E-state index contributed by atoms with van der Waals surface area (Å²) in [7, 11) is 5.94. The highest BCUT2D eigenvalue weighted by atomic mass is 32.2. The minimum Gasteiger partial charge on any atom is -0.378 e. The van der Waals surface area contributed by atoms with Crippen molar-refractivity contribution < 1.29 is 0 Å². The third-order valence-electron chi connectivity index (χ3n) is 3.63. The van der Waals surface area contributed by atoms with E-state index in [4.69, 9.17) is 0 Å². The van der Waals surface area contributed by atoms with Crippen LogP contribution in [-0.2, 0) is 0 Å². The molecule has 3 N–H and O–H groups in total. The van der Waals surface area contributed by atoms with E-state index in [-0.39, 0.29) is 0 Å². The number of nitrogens with one attached hydrogen (secondary N) is 3. The number of rotatable bonds is 7. The van der Waals surface area contributed by atoms with Crippen LogP contribution in [0.3, 0.4) is 0 Å². The van der Waals surface area contributed by atoms with Gasteiger partial charge in [0.05, 0.1) is 0 Å². The highest BCUT2D eigenvalue weighted by Crippen LogP contribution is 2.24. The Hall–Kier alpha value is -2.77. The summed E-state index contributed by atoms with van der Waals surface area (Å²) >= 11 is 1.57. The molecule has 3 aromatic rings. The highest BCUT2D eigenvalue weighted by Gasteiger charge is 2.03. The fraction of sp³-hybridized carbons (Fsp3) is 0.158. The molecular formula is C19H22N6S. The summed E-state index contributed by atoms with van der Waals surface area (Å²) in [5, 5.41) is 6.64. The van der Waals surface area contributed by atoms with Gasteiger partial charge in [0.25, 0.3) is 0 Å². The van der Waals surface area contributed by atoms with Crippen LogP contribution in [0.4, 0.5) is 28.7 Å². The van der Waals surface area contributed by atoms with Crippen molar-refractivity contribution in [3.63, 3.8) is 0 Å². The zero-order chi connectivity index (χ0) is 18.4. The van der Waals surface area contributed by atoms with Gasteiger partial charge in [0.2, 0.25) is 0 Å². The van der Waals surface area contributed by atoms with Gasteiger partial charge in [0, 0.05) is 42.1 Å². The number of anilines is 5. The van der Waals surface area contributed by atoms with Crippen LogP contribution in [0.2, 0.25) is 0 Å². The average molecular weight is 366 g/mol. The molecule has 0 aliphatic rings. The molecular weight excluding hydrogens is 344 g/mol. The van der Waals surface area contributed by atoms with Crippen molar-refractivity contribution in [1.29, 1.82) is 0 Å². The minimum absolute atomic E-state index is 0.734. The molecule has 0 amide bonds. The van der Waals surface area contributed by atoms with Crippen LogP contribution in [0.25, 0.3) is 0 Å². The third-order valence-corrected chi connectivity index (χ3v) is 4.32. The molecule has 0 fully saturated rings. The summed E-state index contributed by atoms with van der Waals surface area (Å²) in [6.45, 7) is 0. The van der Waals surface area contributed by atoms with Crippen LogP contribution in [0.1, 0.15) is 0 Å². The Labute approximate surface area is 158 Å². The van der Waals surface area contributed by atoms with Gasteiger partial charge in [-0.05, 0) is 55.4 Å². The Morgan fingerprint density at radius 3 is 2.15 bits per heavy atom. The molecule has 7 heteroatoms. The summed E-state index contributed by atoms with van der Waals surface area (Å²) in [5.41, 5.74) is 3.08. The maximum atomic E-state index is 4.31. The molecule has 0 saturated heterocycles. The van der Waals surface area contributed by atoms with E-state index in [0.29, 0.717) is 0 Å². The van der Waals surface area contributed by atoms with Gasteiger partial charge in [-0.15, -0.1) is 0 Å². The number of hydrogen-bond donors (Lipinski definition) is 3. The molecule has 3 rings (SSSR count). The van der Waals surface area contributed by atoms with E-state index >= 15 is 0 Å². The van der Waals surface area contributed by atoms with Crippen molar-refractivity contribution in [1.82, 2.24) is 14.7 Å². The topological polar surface area (TPSA) is 65.1 Å². The Bertz CT molecular complexity index is 868. The van der Waals surface area contributed by atoms with Crippen molar-refractivity contribution in [2.75, 3.05) is 36.7 Å². The Balaban J connectivity index is 1.74. The molecule has 0 atom stereocenters. The molecule has 134 valence electrons. The first kappa shape index (κ1) is 18.0. The lowest BCUT2D eigenvalue weighted by atomic mass is 10.2. The molecule has 26 heavy (non-hydrogen) atoms. The van der Waals surface area contributed by atoms with Crippen LogP contribution in [-0.4, -0.2) is 31.1 Å². The molecule has 1 heterocycles. The first-order valence-corrected chi connectivity index (χ1v) is 9.03. The third kappa shape index (κ3) is 4.87. The smallest absolute Gasteiger partial charge is 0.135 e. The molecule has 0 unspecified atom stereocenters. The second-order valence-electron chi connectivity index (χ2n) is 5.82. The first-order chi connectivity index (χ1) is 12.6. The van der Waals surface area contributed by atoms with E-state index in [9.17, 15) is 0 Å². The maximum absolute atomic E-state index is 4.31. The van der Waals surface area contributed by atoms with Crippen LogP contribution < -0.4 is 20.3 Å². The Kier molecular flexibility index (Phi) is 5.93. The molecule has 0 radical (unpaired) electrons. The summed E-state index contributed by atoms with van der Waals surface area (Å²) in [6.07, 6.45) is 1.55. The van der Waals surface area contributed by atoms with Crippen molar-refractivity contribution in [3.8, 4) is 0 Å². The lowest BCUT2D eigenvalue weighted by Crippen LogP contribution is -2.08. The number of nitrogens with zero attached hydrogens (tertiary/aromatic N) is 3. The molecule has 1 aromatic heterocycles. The summed E-state index contributed by atoms with van der Waals surface area (Å²) in [6, 6.07) is 18.2. The van der Waals surface area contributed by atoms with Crippen molar-refractivity contribution in [2.45, 2.75) is 4.90 Å². The summed E-state index contributed by atoms with van der Waals surface area (Å²) in [4.78, 5) is 11.8. The van der Waals surface area contributed by atoms with E-state index in [1.54, 1.807) is 18.3 Å². The molecule has 6 nitrogen and oxygen atoms in total. The maximum Gasteiger partial charge on any atom is 0.135 e. The van der Waals surface area contributed by atoms with Gasteiger partial charge in [-0.25, -0.2) is 9.97 Å². The van der Waals surface area contributed by atoms with E-state index in [1.807, 2.05) is 51.5 Å². The highest BCUT2D eigenvalue weighted by molar-refractivity contribution is 7.97.